The molecule has 2 rings (SSSR count). The molecule has 0 bridgehead atoms. The van der Waals surface area contributed by atoms with Gasteiger partial charge < -0.3 is 9.84 Å². The van der Waals surface area contributed by atoms with E-state index in [2.05, 4.69) is 12.2 Å². The van der Waals surface area contributed by atoms with Crippen LogP contribution in [-0.4, -0.2) is 22.4 Å². The zero-order chi connectivity index (χ0) is 15.1. The Hall–Kier alpha value is -1.52. The first kappa shape index (κ1) is 15.9. The smallest absolute Gasteiger partial charge is 0.307 e. The summed E-state index contributed by atoms with van der Waals surface area (Å²) in [7, 11) is 0. The van der Waals surface area contributed by atoms with Crippen LogP contribution in [0.25, 0.3) is 0 Å². The fourth-order valence-electron chi connectivity index (χ4n) is 2.24. The van der Waals surface area contributed by atoms with Gasteiger partial charge in [-0.15, -0.1) is 11.8 Å². The van der Waals surface area contributed by atoms with Crippen molar-refractivity contribution in [3.8, 4) is 0 Å². The molecule has 0 saturated carbocycles. The van der Waals surface area contributed by atoms with E-state index in [1.54, 1.807) is 11.8 Å². The summed E-state index contributed by atoms with van der Waals surface area (Å²) in [5.74, 6) is -0.170. The molecule has 0 radical (unpaired) electrons. The Labute approximate surface area is 129 Å². The van der Waals surface area contributed by atoms with E-state index >= 15 is 0 Å². The summed E-state index contributed by atoms with van der Waals surface area (Å²) in [5, 5.41) is 9.09. The SMILES string of the molecule is CCOC(=O)CC1(Sc2ccc(CO)cc2)C=CC=CC1. The van der Waals surface area contributed by atoms with Crippen molar-refractivity contribution in [2.24, 2.45) is 0 Å². The van der Waals surface area contributed by atoms with Gasteiger partial charge in [0, 0.05) is 4.90 Å². The predicted molar refractivity (Wildman–Crippen MR) is 85.1 cm³/mol. The quantitative estimate of drug-likeness (QED) is 0.817. The number of aliphatic hydroxyl groups excluding tert-OH is 1. The van der Waals surface area contributed by atoms with Gasteiger partial charge in [-0.05, 0) is 31.0 Å². The van der Waals surface area contributed by atoms with Gasteiger partial charge in [0.05, 0.1) is 24.4 Å². The third-order valence-corrected chi connectivity index (χ3v) is 4.65. The van der Waals surface area contributed by atoms with E-state index in [1.807, 2.05) is 43.3 Å². The van der Waals surface area contributed by atoms with E-state index in [4.69, 9.17) is 9.84 Å². The Kier molecular flexibility index (Phi) is 5.65. The second-order valence-electron chi connectivity index (χ2n) is 4.94. The molecule has 0 spiro atoms. The molecule has 0 heterocycles. The number of carbonyl (C=O) groups excluding carboxylic acids is 1. The number of esters is 1. The monoisotopic (exact) mass is 304 g/mol. The lowest BCUT2D eigenvalue weighted by Crippen LogP contribution is -2.27. The second kappa shape index (κ2) is 7.48. The Bertz CT molecular complexity index is 533. The summed E-state index contributed by atoms with van der Waals surface area (Å²) in [5.41, 5.74) is 0.887. The number of allylic oxidation sites excluding steroid dienone is 3. The molecule has 1 unspecified atom stereocenters. The minimum absolute atomic E-state index is 0.0432. The number of benzene rings is 1. The lowest BCUT2D eigenvalue weighted by Gasteiger charge is -2.29. The highest BCUT2D eigenvalue weighted by Crippen LogP contribution is 2.41. The van der Waals surface area contributed by atoms with Gasteiger partial charge in [-0.1, -0.05) is 36.4 Å². The van der Waals surface area contributed by atoms with Gasteiger partial charge in [0.15, 0.2) is 0 Å². The topological polar surface area (TPSA) is 46.5 Å². The van der Waals surface area contributed by atoms with Crippen LogP contribution < -0.4 is 0 Å². The highest BCUT2D eigenvalue weighted by molar-refractivity contribution is 8.00. The molecule has 0 amide bonds. The summed E-state index contributed by atoms with van der Waals surface area (Å²) in [4.78, 5) is 13.0. The first-order valence-corrected chi connectivity index (χ1v) is 7.88. The van der Waals surface area contributed by atoms with E-state index in [-0.39, 0.29) is 17.3 Å². The summed E-state index contributed by atoms with van der Waals surface area (Å²) < 4.78 is 4.81. The predicted octanol–water partition coefficient (Wildman–Crippen LogP) is 3.48. The van der Waals surface area contributed by atoms with Crippen molar-refractivity contribution < 1.29 is 14.6 Å². The van der Waals surface area contributed by atoms with E-state index < -0.39 is 0 Å². The highest BCUT2D eigenvalue weighted by Gasteiger charge is 2.32. The molecule has 0 fully saturated rings. The molecule has 1 aliphatic rings. The highest BCUT2D eigenvalue weighted by atomic mass is 32.2. The van der Waals surface area contributed by atoms with Crippen molar-refractivity contribution in [1.29, 1.82) is 0 Å². The van der Waals surface area contributed by atoms with Gasteiger partial charge in [0.25, 0.3) is 0 Å². The Balaban J connectivity index is 2.13. The summed E-state index contributed by atoms with van der Waals surface area (Å²) in [6.45, 7) is 2.27. The zero-order valence-electron chi connectivity index (χ0n) is 12.1. The number of hydrogen-bond acceptors (Lipinski definition) is 4. The van der Waals surface area contributed by atoms with Crippen LogP contribution in [-0.2, 0) is 16.1 Å². The standard InChI is InChI=1S/C17H20O3S/c1-2-20-16(19)12-17(10-4-3-5-11-17)21-15-8-6-14(13-18)7-9-15/h3-10,18H,2,11-13H2,1H3. The van der Waals surface area contributed by atoms with Gasteiger partial charge in [0.2, 0.25) is 0 Å². The molecule has 1 atom stereocenters. The van der Waals surface area contributed by atoms with Crippen molar-refractivity contribution in [3.63, 3.8) is 0 Å². The summed E-state index contributed by atoms with van der Waals surface area (Å²) >= 11 is 1.66. The van der Waals surface area contributed by atoms with Gasteiger partial charge >= 0.3 is 5.97 Å². The van der Waals surface area contributed by atoms with Crippen molar-refractivity contribution >= 4 is 17.7 Å². The Morgan fingerprint density at radius 2 is 2.10 bits per heavy atom. The van der Waals surface area contributed by atoms with E-state index in [0.717, 1.165) is 16.9 Å². The summed E-state index contributed by atoms with van der Waals surface area (Å²) in [6.07, 6.45) is 9.29. The molecular weight excluding hydrogens is 284 g/mol. The molecule has 112 valence electrons. The fourth-order valence-corrected chi connectivity index (χ4v) is 3.50. The van der Waals surface area contributed by atoms with E-state index in [0.29, 0.717) is 13.0 Å². The molecular formula is C17H20O3S. The first-order valence-electron chi connectivity index (χ1n) is 7.06. The molecule has 1 aromatic rings. The lowest BCUT2D eigenvalue weighted by molar-refractivity contribution is -0.143. The number of ether oxygens (including phenoxy) is 1. The maximum Gasteiger partial charge on any atom is 0.307 e. The van der Waals surface area contributed by atoms with E-state index in [1.165, 1.54) is 0 Å². The van der Waals surface area contributed by atoms with Gasteiger partial charge in [-0.25, -0.2) is 0 Å². The summed E-state index contributed by atoms with van der Waals surface area (Å²) in [6, 6.07) is 7.77. The number of hydrogen-bond donors (Lipinski definition) is 1. The van der Waals surface area contributed by atoms with Crippen LogP contribution in [0.2, 0.25) is 0 Å². The lowest BCUT2D eigenvalue weighted by atomic mass is 9.96. The fraction of sp³-hybridized carbons (Fsp3) is 0.353. The molecule has 3 nitrogen and oxygen atoms in total. The molecule has 4 heteroatoms. The van der Waals surface area contributed by atoms with Crippen LogP contribution in [0, 0.1) is 0 Å². The average molecular weight is 304 g/mol. The zero-order valence-corrected chi connectivity index (χ0v) is 12.9. The maximum absolute atomic E-state index is 11.9. The number of thioether (sulfide) groups is 1. The minimum Gasteiger partial charge on any atom is -0.466 e. The Morgan fingerprint density at radius 1 is 1.33 bits per heavy atom. The van der Waals surface area contributed by atoms with Crippen LogP contribution in [0.1, 0.15) is 25.3 Å². The second-order valence-corrected chi connectivity index (χ2v) is 6.43. The maximum atomic E-state index is 11.9. The van der Waals surface area contributed by atoms with Crippen molar-refractivity contribution in [2.45, 2.75) is 36.0 Å². The molecule has 1 N–H and O–H groups in total. The van der Waals surface area contributed by atoms with E-state index in [9.17, 15) is 4.79 Å². The van der Waals surface area contributed by atoms with Gasteiger partial charge in [0.1, 0.15) is 0 Å². The molecule has 1 aliphatic carbocycles. The molecule has 1 aromatic carbocycles. The van der Waals surface area contributed by atoms with Crippen LogP contribution in [0.4, 0.5) is 0 Å². The average Bonchev–Trinajstić information content (AvgIpc) is 2.49. The molecule has 0 aromatic heterocycles. The minimum atomic E-state index is -0.290. The van der Waals surface area contributed by atoms with Crippen LogP contribution in [0.5, 0.6) is 0 Å². The molecule has 0 aliphatic heterocycles. The van der Waals surface area contributed by atoms with Crippen molar-refractivity contribution in [3.05, 3.63) is 54.1 Å². The molecule has 0 saturated heterocycles. The van der Waals surface area contributed by atoms with Gasteiger partial charge in [-0.2, -0.15) is 0 Å². The first-order chi connectivity index (χ1) is 10.2. The Morgan fingerprint density at radius 3 is 2.67 bits per heavy atom. The number of carbonyl (C=O) groups is 1. The van der Waals surface area contributed by atoms with Crippen LogP contribution in [0.15, 0.2) is 53.5 Å². The largest absolute Gasteiger partial charge is 0.466 e. The van der Waals surface area contributed by atoms with Crippen LogP contribution in [0.3, 0.4) is 0 Å². The van der Waals surface area contributed by atoms with Crippen molar-refractivity contribution in [1.82, 2.24) is 0 Å². The van der Waals surface area contributed by atoms with Crippen LogP contribution >= 0.6 is 11.8 Å². The normalized spacial score (nSPS) is 20.5. The molecule has 21 heavy (non-hydrogen) atoms. The third-order valence-electron chi connectivity index (χ3n) is 3.29. The number of rotatable bonds is 6. The number of aliphatic hydroxyl groups is 1. The van der Waals surface area contributed by atoms with Crippen molar-refractivity contribution in [2.75, 3.05) is 6.61 Å². The van der Waals surface area contributed by atoms with Gasteiger partial charge in [-0.3, -0.25) is 4.79 Å². The third kappa shape index (κ3) is 4.48.